The number of carbonyl (C=O) groups is 1. The van der Waals surface area contributed by atoms with Crippen LogP contribution in [0.15, 0.2) is 17.1 Å². The minimum absolute atomic E-state index is 0.248. The van der Waals surface area contributed by atoms with Gasteiger partial charge in [0.1, 0.15) is 5.56 Å². The lowest BCUT2D eigenvalue weighted by Gasteiger charge is -2.25. The van der Waals surface area contributed by atoms with Crippen molar-refractivity contribution in [3.05, 3.63) is 45.1 Å². The van der Waals surface area contributed by atoms with E-state index in [1.807, 2.05) is 6.92 Å². The number of aryl methyl sites for hydroxylation is 1. The summed E-state index contributed by atoms with van der Waals surface area (Å²) < 4.78 is 16.3. The van der Waals surface area contributed by atoms with Crippen molar-refractivity contribution in [2.24, 2.45) is 11.8 Å². The zero-order valence-electron chi connectivity index (χ0n) is 15.2. The van der Waals surface area contributed by atoms with Crippen molar-refractivity contribution in [2.45, 2.75) is 25.7 Å². The van der Waals surface area contributed by atoms with E-state index in [0.29, 0.717) is 23.0 Å². The lowest BCUT2D eigenvalue weighted by molar-refractivity contribution is 0.0694. The molecule has 0 spiro atoms. The fraction of sp³-hybridized carbons (Fsp3) is 0.500. The molecule has 5 rings (SSSR count). The first kappa shape index (κ1) is 16.7. The van der Waals surface area contributed by atoms with E-state index in [4.69, 9.17) is 0 Å². The number of rotatable bonds is 3. The topological polar surface area (TPSA) is 74.0 Å². The molecule has 6 nitrogen and oxygen atoms in total. The molecule has 3 fully saturated rings. The van der Waals surface area contributed by atoms with Crippen LogP contribution in [-0.2, 0) is 0 Å². The minimum atomic E-state index is -1.27. The second-order valence-corrected chi connectivity index (χ2v) is 8.15. The smallest absolute Gasteiger partial charge is 0.341 e. The first-order chi connectivity index (χ1) is 13.0. The van der Waals surface area contributed by atoms with Gasteiger partial charge < -0.3 is 15.3 Å². The standard InChI is InChI=1S/C20H22FN3O3/c1-10-17-14(11-2-3-11)4-15(20(26)27)19(25)24(17)9-16(21)18(10)23-7-12-5-22-6-13(12)8-23/h4,9,11-13,22H,2-3,5-8H2,1H3,(H,26,27). The first-order valence-corrected chi connectivity index (χ1v) is 9.53. The van der Waals surface area contributed by atoms with Crippen LogP contribution in [0, 0.1) is 24.6 Å². The van der Waals surface area contributed by atoms with Gasteiger partial charge >= 0.3 is 5.97 Å². The Labute approximate surface area is 155 Å². The highest BCUT2D eigenvalue weighted by atomic mass is 19.1. The highest BCUT2D eigenvalue weighted by Gasteiger charge is 2.38. The Bertz CT molecular complexity index is 1020. The molecule has 0 radical (unpaired) electrons. The van der Waals surface area contributed by atoms with Gasteiger partial charge in [-0.2, -0.15) is 0 Å². The number of hydrogen-bond acceptors (Lipinski definition) is 4. The van der Waals surface area contributed by atoms with E-state index in [9.17, 15) is 14.7 Å². The number of halogens is 1. The van der Waals surface area contributed by atoms with Crippen LogP contribution < -0.4 is 15.8 Å². The maximum absolute atomic E-state index is 15.1. The van der Waals surface area contributed by atoms with Crippen molar-refractivity contribution in [1.29, 1.82) is 0 Å². The average molecular weight is 371 g/mol. The molecule has 2 saturated heterocycles. The summed E-state index contributed by atoms with van der Waals surface area (Å²) in [5.74, 6) is -0.422. The molecule has 1 saturated carbocycles. The second-order valence-electron chi connectivity index (χ2n) is 8.15. The van der Waals surface area contributed by atoms with E-state index < -0.39 is 17.3 Å². The predicted octanol–water partition coefficient (Wildman–Crippen LogP) is 1.98. The second kappa shape index (κ2) is 5.79. The number of aromatic carboxylic acids is 1. The van der Waals surface area contributed by atoms with E-state index in [1.54, 1.807) is 0 Å². The summed E-state index contributed by atoms with van der Waals surface area (Å²) in [6.07, 6.45) is 3.13. The van der Waals surface area contributed by atoms with E-state index in [0.717, 1.165) is 50.1 Å². The van der Waals surface area contributed by atoms with E-state index in [-0.39, 0.29) is 11.5 Å². The van der Waals surface area contributed by atoms with Gasteiger partial charge in [0.05, 0.1) is 17.4 Å². The Balaban J connectivity index is 1.73. The van der Waals surface area contributed by atoms with Crippen molar-refractivity contribution in [3.63, 3.8) is 0 Å². The molecule has 2 unspecified atom stereocenters. The summed E-state index contributed by atoms with van der Waals surface area (Å²) in [6.45, 7) is 5.39. The van der Waals surface area contributed by atoms with Crippen molar-refractivity contribution >= 4 is 17.2 Å². The Morgan fingerprint density at radius 1 is 1.26 bits per heavy atom. The van der Waals surface area contributed by atoms with Crippen molar-refractivity contribution in [2.75, 3.05) is 31.1 Å². The van der Waals surface area contributed by atoms with Crippen LogP contribution in [0.2, 0.25) is 0 Å². The summed E-state index contributed by atoms with van der Waals surface area (Å²) in [5.41, 5.74) is 1.87. The fourth-order valence-electron chi connectivity index (χ4n) is 4.93. The van der Waals surface area contributed by atoms with Crippen LogP contribution in [-0.4, -0.2) is 41.7 Å². The highest BCUT2D eigenvalue weighted by molar-refractivity contribution is 5.89. The summed E-state index contributed by atoms with van der Waals surface area (Å²) in [7, 11) is 0. The lowest BCUT2D eigenvalue weighted by Crippen LogP contribution is -2.29. The lowest BCUT2D eigenvalue weighted by atomic mass is 10.0. The quantitative estimate of drug-likeness (QED) is 0.863. The molecule has 0 amide bonds. The van der Waals surface area contributed by atoms with Crippen LogP contribution >= 0.6 is 0 Å². The first-order valence-electron chi connectivity index (χ1n) is 9.53. The molecule has 2 atom stereocenters. The summed E-state index contributed by atoms with van der Waals surface area (Å²) >= 11 is 0. The molecule has 2 aliphatic heterocycles. The zero-order valence-corrected chi connectivity index (χ0v) is 15.2. The monoisotopic (exact) mass is 371 g/mol. The summed E-state index contributed by atoms with van der Waals surface area (Å²) in [5, 5.41) is 12.8. The predicted molar refractivity (Wildman–Crippen MR) is 99.4 cm³/mol. The molecule has 2 N–H and O–H groups in total. The van der Waals surface area contributed by atoms with Crippen molar-refractivity contribution in [3.8, 4) is 0 Å². The molecule has 2 aromatic heterocycles. The van der Waals surface area contributed by atoms with Crippen molar-refractivity contribution in [1.82, 2.24) is 9.72 Å². The maximum Gasteiger partial charge on any atom is 0.341 e. The van der Waals surface area contributed by atoms with Gasteiger partial charge in [-0.25, -0.2) is 9.18 Å². The number of nitrogens with zero attached hydrogens (tertiary/aromatic N) is 2. The number of carboxylic acid groups (broad SMARTS) is 1. The number of anilines is 1. The Morgan fingerprint density at radius 3 is 2.52 bits per heavy atom. The number of pyridine rings is 2. The van der Waals surface area contributed by atoms with Gasteiger partial charge in [0, 0.05) is 26.2 Å². The average Bonchev–Trinajstić information content (AvgIpc) is 3.24. The zero-order chi connectivity index (χ0) is 18.9. The van der Waals surface area contributed by atoms with Gasteiger partial charge in [0.25, 0.3) is 5.56 Å². The molecule has 4 heterocycles. The third-order valence-corrected chi connectivity index (χ3v) is 6.40. The fourth-order valence-corrected chi connectivity index (χ4v) is 4.93. The van der Waals surface area contributed by atoms with Crippen LogP contribution in [0.4, 0.5) is 10.1 Å². The Kier molecular flexibility index (Phi) is 3.59. The van der Waals surface area contributed by atoms with Crippen molar-refractivity contribution < 1.29 is 14.3 Å². The third kappa shape index (κ3) is 2.48. The van der Waals surface area contributed by atoms with E-state index >= 15 is 4.39 Å². The van der Waals surface area contributed by atoms with Gasteiger partial charge in [-0.15, -0.1) is 0 Å². The molecule has 2 aromatic rings. The normalized spacial score (nSPS) is 24.6. The van der Waals surface area contributed by atoms with Crippen LogP contribution in [0.1, 0.15) is 40.2 Å². The number of aromatic nitrogens is 1. The van der Waals surface area contributed by atoms with Gasteiger partial charge in [-0.05, 0) is 54.7 Å². The Morgan fingerprint density at radius 2 is 1.93 bits per heavy atom. The van der Waals surface area contributed by atoms with Gasteiger partial charge in [0.15, 0.2) is 5.82 Å². The molecular weight excluding hydrogens is 349 g/mol. The summed E-state index contributed by atoms with van der Waals surface area (Å²) in [4.78, 5) is 26.3. The number of fused-ring (bicyclic) bond motifs is 2. The molecule has 1 aliphatic carbocycles. The van der Waals surface area contributed by atoms with Crippen LogP contribution in [0.25, 0.3) is 5.52 Å². The van der Waals surface area contributed by atoms with Crippen LogP contribution in [0.5, 0.6) is 0 Å². The third-order valence-electron chi connectivity index (χ3n) is 6.40. The molecule has 3 aliphatic rings. The van der Waals surface area contributed by atoms with Gasteiger partial charge in [-0.1, -0.05) is 0 Å². The number of carboxylic acids is 1. The molecule has 142 valence electrons. The highest BCUT2D eigenvalue weighted by Crippen LogP contribution is 2.44. The molecule has 0 aromatic carbocycles. The Hall–Kier alpha value is -2.41. The summed E-state index contributed by atoms with van der Waals surface area (Å²) in [6, 6.07) is 1.51. The SMILES string of the molecule is Cc1c(N2CC3CNCC3C2)c(F)cn2c(=O)c(C(=O)O)cc(C3CC3)c12. The number of hydrogen-bond donors (Lipinski definition) is 2. The molecule has 7 heteroatoms. The maximum atomic E-state index is 15.1. The van der Waals surface area contributed by atoms with E-state index in [1.165, 1.54) is 16.7 Å². The van der Waals surface area contributed by atoms with Gasteiger partial charge in [-0.3, -0.25) is 9.20 Å². The molecular formula is C20H22FN3O3. The van der Waals surface area contributed by atoms with E-state index in [2.05, 4.69) is 10.2 Å². The minimum Gasteiger partial charge on any atom is -0.477 e. The van der Waals surface area contributed by atoms with Crippen LogP contribution in [0.3, 0.4) is 0 Å². The largest absolute Gasteiger partial charge is 0.477 e. The number of nitrogens with one attached hydrogen (secondary N) is 1. The molecule has 27 heavy (non-hydrogen) atoms. The van der Waals surface area contributed by atoms with Gasteiger partial charge in [0.2, 0.25) is 0 Å². The molecule has 0 bridgehead atoms.